The smallest absolute Gasteiger partial charge is 0.233 e. The summed E-state index contributed by atoms with van der Waals surface area (Å²) in [5.41, 5.74) is 0. The third-order valence-corrected chi connectivity index (χ3v) is 4.26. The van der Waals surface area contributed by atoms with Crippen LogP contribution in [0.25, 0.3) is 0 Å². The third-order valence-electron chi connectivity index (χ3n) is 4.26. The molecule has 0 aromatic heterocycles. The average molecular weight is 261 g/mol. The highest BCUT2D eigenvalue weighted by atomic mass is 16.2. The Morgan fingerprint density at radius 1 is 1.37 bits per heavy atom. The number of fused-ring (bicyclic) bond motifs is 1. The van der Waals surface area contributed by atoms with Crippen molar-refractivity contribution in [1.29, 1.82) is 0 Å². The van der Waals surface area contributed by atoms with Gasteiger partial charge in [0, 0.05) is 6.54 Å². The van der Waals surface area contributed by atoms with Gasteiger partial charge in [-0.2, -0.15) is 0 Å². The van der Waals surface area contributed by atoms with Crippen molar-refractivity contribution in [2.24, 2.45) is 17.8 Å². The van der Waals surface area contributed by atoms with Crippen LogP contribution in [0.3, 0.4) is 0 Å². The largest absolute Gasteiger partial charge is 0.278 e. The van der Waals surface area contributed by atoms with Crippen LogP contribution in [0.4, 0.5) is 0 Å². The van der Waals surface area contributed by atoms with Gasteiger partial charge in [0.2, 0.25) is 11.8 Å². The van der Waals surface area contributed by atoms with E-state index in [1.807, 2.05) is 0 Å². The van der Waals surface area contributed by atoms with Gasteiger partial charge in [-0.15, -0.1) is 6.58 Å². The number of allylic oxidation sites excluding steroid dienone is 2. The van der Waals surface area contributed by atoms with E-state index >= 15 is 0 Å². The molecule has 2 amide bonds. The van der Waals surface area contributed by atoms with Crippen molar-refractivity contribution in [2.45, 2.75) is 39.0 Å². The van der Waals surface area contributed by atoms with Crippen molar-refractivity contribution >= 4 is 11.8 Å². The summed E-state index contributed by atoms with van der Waals surface area (Å²) in [5.74, 6) is 0.0236. The van der Waals surface area contributed by atoms with Crippen molar-refractivity contribution in [1.82, 2.24) is 4.90 Å². The first-order chi connectivity index (χ1) is 9.20. The summed E-state index contributed by atoms with van der Waals surface area (Å²) in [6.07, 6.45) is 11.1. The van der Waals surface area contributed by atoms with Crippen LogP contribution in [-0.4, -0.2) is 23.3 Å². The fourth-order valence-corrected chi connectivity index (χ4v) is 3.28. The highest BCUT2D eigenvalue weighted by Gasteiger charge is 2.50. The Labute approximate surface area is 115 Å². The van der Waals surface area contributed by atoms with Gasteiger partial charge in [0.05, 0.1) is 11.8 Å². The zero-order valence-electron chi connectivity index (χ0n) is 11.7. The monoisotopic (exact) mass is 261 g/mol. The number of likely N-dealkylation sites (tertiary alicyclic amines) is 1. The molecule has 0 spiro atoms. The van der Waals surface area contributed by atoms with E-state index in [0.29, 0.717) is 13.0 Å². The topological polar surface area (TPSA) is 37.4 Å². The SMILES string of the molecule is C=CCN1C(=O)C2CC=CC(CCCCC)C2C1=O. The lowest BCUT2D eigenvalue weighted by molar-refractivity contribution is -0.139. The van der Waals surface area contributed by atoms with Gasteiger partial charge in [0.25, 0.3) is 0 Å². The lowest BCUT2D eigenvalue weighted by Gasteiger charge is -2.26. The van der Waals surface area contributed by atoms with E-state index < -0.39 is 0 Å². The number of carbonyl (C=O) groups is 2. The second kappa shape index (κ2) is 6.18. The Bertz CT molecular complexity index is 400. The number of amides is 2. The van der Waals surface area contributed by atoms with Gasteiger partial charge in [0.1, 0.15) is 0 Å². The molecule has 1 fully saturated rings. The van der Waals surface area contributed by atoms with E-state index in [4.69, 9.17) is 0 Å². The van der Waals surface area contributed by atoms with Gasteiger partial charge in [-0.3, -0.25) is 14.5 Å². The number of hydrogen-bond acceptors (Lipinski definition) is 2. The van der Waals surface area contributed by atoms with Crippen LogP contribution in [-0.2, 0) is 9.59 Å². The molecule has 0 radical (unpaired) electrons. The van der Waals surface area contributed by atoms with Crippen molar-refractivity contribution in [3.05, 3.63) is 24.8 Å². The molecule has 3 atom stereocenters. The van der Waals surface area contributed by atoms with Gasteiger partial charge in [0.15, 0.2) is 0 Å². The highest BCUT2D eigenvalue weighted by molar-refractivity contribution is 6.05. The maximum absolute atomic E-state index is 12.4. The maximum atomic E-state index is 12.4. The standard InChI is InChI=1S/C16H23NO2/c1-3-5-6-8-12-9-7-10-13-14(12)16(19)17(11-4-2)15(13)18/h4,7,9,12-14H,2-3,5-6,8,10-11H2,1H3. The Balaban J connectivity index is 2.10. The fourth-order valence-electron chi connectivity index (χ4n) is 3.28. The summed E-state index contributed by atoms with van der Waals surface area (Å²) in [4.78, 5) is 26.0. The molecule has 2 rings (SSSR count). The number of hydrogen-bond donors (Lipinski definition) is 0. The molecule has 0 N–H and O–H groups in total. The molecule has 1 aliphatic carbocycles. The van der Waals surface area contributed by atoms with Crippen LogP contribution < -0.4 is 0 Å². The molecule has 0 aromatic rings. The first-order valence-corrected chi connectivity index (χ1v) is 7.33. The predicted molar refractivity (Wildman–Crippen MR) is 75.3 cm³/mol. The Morgan fingerprint density at radius 3 is 2.84 bits per heavy atom. The van der Waals surface area contributed by atoms with Crippen LogP contribution in [0.2, 0.25) is 0 Å². The molecule has 3 heteroatoms. The summed E-state index contributed by atoms with van der Waals surface area (Å²) in [5, 5.41) is 0. The minimum absolute atomic E-state index is 0.000239. The van der Waals surface area contributed by atoms with Gasteiger partial charge < -0.3 is 0 Å². The Kier molecular flexibility index (Phi) is 4.56. The molecule has 104 valence electrons. The lowest BCUT2D eigenvalue weighted by Crippen LogP contribution is -2.32. The van der Waals surface area contributed by atoms with E-state index in [2.05, 4.69) is 25.7 Å². The summed E-state index contributed by atoms with van der Waals surface area (Å²) >= 11 is 0. The average Bonchev–Trinajstić information content (AvgIpc) is 2.66. The van der Waals surface area contributed by atoms with E-state index in [-0.39, 0.29) is 29.6 Å². The first kappa shape index (κ1) is 14.0. The molecule has 0 aromatic carbocycles. The number of carbonyl (C=O) groups excluding carboxylic acids is 2. The van der Waals surface area contributed by atoms with E-state index in [0.717, 1.165) is 12.8 Å². The van der Waals surface area contributed by atoms with Crippen molar-refractivity contribution < 1.29 is 9.59 Å². The zero-order valence-corrected chi connectivity index (χ0v) is 11.7. The van der Waals surface area contributed by atoms with Crippen LogP contribution in [0.5, 0.6) is 0 Å². The molecule has 3 nitrogen and oxygen atoms in total. The minimum Gasteiger partial charge on any atom is -0.278 e. The number of imide groups is 1. The molecule has 2 aliphatic rings. The van der Waals surface area contributed by atoms with Crippen LogP contribution >= 0.6 is 0 Å². The molecule has 19 heavy (non-hydrogen) atoms. The molecule has 1 saturated heterocycles. The first-order valence-electron chi connectivity index (χ1n) is 7.33. The van der Waals surface area contributed by atoms with Crippen LogP contribution in [0.1, 0.15) is 39.0 Å². The Morgan fingerprint density at radius 2 is 2.16 bits per heavy atom. The third kappa shape index (κ3) is 2.65. The minimum atomic E-state index is -0.121. The van der Waals surface area contributed by atoms with Gasteiger partial charge in [-0.25, -0.2) is 0 Å². The van der Waals surface area contributed by atoms with E-state index in [1.54, 1.807) is 6.08 Å². The summed E-state index contributed by atoms with van der Waals surface area (Å²) < 4.78 is 0. The van der Waals surface area contributed by atoms with Crippen molar-refractivity contribution in [2.75, 3.05) is 6.54 Å². The summed E-state index contributed by atoms with van der Waals surface area (Å²) in [6, 6.07) is 0. The second-order valence-corrected chi connectivity index (χ2v) is 5.53. The Hall–Kier alpha value is -1.38. The van der Waals surface area contributed by atoms with Crippen molar-refractivity contribution in [3.8, 4) is 0 Å². The molecular weight excluding hydrogens is 238 g/mol. The molecular formula is C16H23NO2. The van der Waals surface area contributed by atoms with Gasteiger partial charge in [-0.05, 0) is 18.8 Å². The van der Waals surface area contributed by atoms with Crippen LogP contribution in [0.15, 0.2) is 24.8 Å². The fraction of sp³-hybridized carbons (Fsp3) is 0.625. The van der Waals surface area contributed by atoms with Crippen molar-refractivity contribution in [3.63, 3.8) is 0 Å². The lowest BCUT2D eigenvalue weighted by atomic mass is 9.75. The van der Waals surface area contributed by atoms with Gasteiger partial charge in [-0.1, -0.05) is 44.4 Å². The number of unbranched alkanes of at least 4 members (excludes halogenated alkanes) is 2. The summed E-state index contributed by atoms with van der Waals surface area (Å²) in [7, 11) is 0. The molecule has 0 bridgehead atoms. The highest BCUT2D eigenvalue weighted by Crippen LogP contribution is 2.40. The van der Waals surface area contributed by atoms with E-state index in [1.165, 1.54) is 17.7 Å². The molecule has 0 saturated carbocycles. The molecule has 1 heterocycles. The predicted octanol–water partition coefficient (Wildman–Crippen LogP) is 2.93. The second-order valence-electron chi connectivity index (χ2n) is 5.53. The van der Waals surface area contributed by atoms with Crippen LogP contribution in [0, 0.1) is 17.8 Å². The maximum Gasteiger partial charge on any atom is 0.233 e. The van der Waals surface area contributed by atoms with Gasteiger partial charge >= 0.3 is 0 Å². The molecule has 1 aliphatic heterocycles. The number of rotatable bonds is 6. The number of nitrogens with zero attached hydrogens (tertiary/aromatic N) is 1. The summed E-state index contributed by atoms with van der Waals surface area (Å²) in [6.45, 7) is 6.16. The van der Waals surface area contributed by atoms with E-state index in [9.17, 15) is 9.59 Å². The zero-order chi connectivity index (χ0) is 13.8. The quantitative estimate of drug-likeness (QED) is 0.419. The normalized spacial score (nSPS) is 29.7. The molecule has 3 unspecified atom stereocenters.